The van der Waals surface area contributed by atoms with Crippen molar-refractivity contribution in [3.05, 3.63) is 35.9 Å². The zero-order valence-corrected chi connectivity index (χ0v) is 16.4. The summed E-state index contributed by atoms with van der Waals surface area (Å²) in [5.41, 5.74) is 0.579. The fraction of sp³-hybridized carbons (Fsp3) is 0.579. The van der Waals surface area contributed by atoms with E-state index >= 15 is 0 Å². The highest BCUT2D eigenvalue weighted by Gasteiger charge is 2.49. The molecule has 0 aromatic heterocycles. The van der Waals surface area contributed by atoms with Crippen molar-refractivity contribution in [2.45, 2.75) is 64.2 Å². The monoisotopic (exact) mass is 382 g/mol. The number of hydrogen-bond donors (Lipinski definition) is 0. The molecule has 0 spiro atoms. The summed E-state index contributed by atoms with van der Waals surface area (Å²) in [6.45, 7) is 6.87. The molecule has 0 saturated carbocycles. The third-order valence-electron chi connectivity index (χ3n) is 3.95. The second-order valence-electron chi connectivity index (χ2n) is 6.07. The third-order valence-corrected chi connectivity index (χ3v) is 4.99. The summed E-state index contributed by atoms with van der Waals surface area (Å²) in [5, 5.41) is 0. The van der Waals surface area contributed by atoms with Crippen LogP contribution in [0.4, 0.5) is 0 Å². The molecule has 7 heteroatoms. The molecule has 6 nitrogen and oxygen atoms in total. The fourth-order valence-corrected chi connectivity index (χ4v) is 3.89. The largest absolute Gasteiger partial charge is 0.456 e. The zero-order chi connectivity index (χ0) is 19.1. The lowest BCUT2D eigenvalue weighted by atomic mass is 10.00. The molecule has 0 radical (unpaired) electrons. The Labute approximate surface area is 158 Å². The van der Waals surface area contributed by atoms with Crippen LogP contribution in [0.3, 0.4) is 0 Å². The summed E-state index contributed by atoms with van der Waals surface area (Å²) in [6.07, 6.45) is -2.32. The first-order valence-corrected chi connectivity index (χ1v) is 9.74. The molecule has 1 aromatic rings. The lowest BCUT2D eigenvalue weighted by Crippen LogP contribution is -2.59. The Hall–Kier alpha value is -1.57. The Morgan fingerprint density at radius 1 is 1.04 bits per heavy atom. The van der Waals surface area contributed by atoms with E-state index < -0.39 is 35.7 Å². The van der Waals surface area contributed by atoms with E-state index in [1.807, 2.05) is 44.2 Å². The molecule has 0 bridgehead atoms. The molecular weight excluding hydrogens is 356 g/mol. The second-order valence-corrected chi connectivity index (χ2v) is 7.45. The van der Waals surface area contributed by atoms with Crippen LogP contribution in [0, 0.1) is 0 Å². The number of hydrogen-bond acceptors (Lipinski definition) is 7. The number of rotatable bonds is 7. The van der Waals surface area contributed by atoms with Crippen molar-refractivity contribution in [1.29, 1.82) is 0 Å². The number of ether oxygens (including phenoxy) is 4. The van der Waals surface area contributed by atoms with E-state index in [1.54, 1.807) is 0 Å². The maximum absolute atomic E-state index is 11.7. The van der Waals surface area contributed by atoms with Crippen LogP contribution in [-0.4, -0.2) is 47.5 Å². The van der Waals surface area contributed by atoms with Gasteiger partial charge in [0.25, 0.3) is 0 Å². The van der Waals surface area contributed by atoms with Gasteiger partial charge in [0.1, 0.15) is 11.5 Å². The van der Waals surface area contributed by atoms with Gasteiger partial charge in [-0.1, -0.05) is 37.3 Å². The summed E-state index contributed by atoms with van der Waals surface area (Å²) in [4.78, 5) is 23.3. The lowest BCUT2D eigenvalue weighted by Gasteiger charge is -2.44. The van der Waals surface area contributed by atoms with Crippen LogP contribution < -0.4 is 0 Å². The molecule has 1 aromatic carbocycles. The van der Waals surface area contributed by atoms with Gasteiger partial charge in [-0.05, 0) is 18.2 Å². The Kier molecular flexibility index (Phi) is 7.93. The Bertz CT molecular complexity index is 593. The number of carbonyl (C=O) groups excluding carboxylic acids is 2. The van der Waals surface area contributed by atoms with Gasteiger partial charge >= 0.3 is 11.9 Å². The molecule has 0 amide bonds. The summed E-state index contributed by atoms with van der Waals surface area (Å²) < 4.78 is 23.0. The zero-order valence-electron chi connectivity index (χ0n) is 15.5. The molecule has 1 heterocycles. The first-order chi connectivity index (χ1) is 12.4. The van der Waals surface area contributed by atoms with Gasteiger partial charge in [-0.15, -0.1) is 11.8 Å². The van der Waals surface area contributed by atoms with E-state index in [9.17, 15) is 9.59 Å². The number of esters is 2. The summed E-state index contributed by atoms with van der Waals surface area (Å²) in [7, 11) is 0. The second kappa shape index (κ2) is 9.94. The van der Waals surface area contributed by atoms with Gasteiger partial charge in [0.15, 0.2) is 12.2 Å². The van der Waals surface area contributed by atoms with Crippen LogP contribution >= 0.6 is 11.8 Å². The minimum absolute atomic E-state index is 0.320. The molecule has 1 aliphatic heterocycles. The van der Waals surface area contributed by atoms with Gasteiger partial charge in [0, 0.05) is 13.8 Å². The van der Waals surface area contributed by atoms with Crippen molar-refractivity contribution in [3.63, 3.8) is 0 Å². The Morgan fingerprint density at radius 3 is 2.23 bits per heavy atom. The van der Waals surface area contributed by atoms with Gasteiger partial charge in [0.2, 0.25) is 0 Å². The standard InChI is InChI=1S/C19H26O6S/c1-5-26-19-18(25-14(4)21)17(24-13(3)20)16(12(2)23-19)22-11-15-9-7-6-8-10-15/h6-10,12,16-19H,5,11H2,1-4H3/t12-,16-,17+,18+,19-/m0/s1. The summed E-state index contributed by atoms with van der Waals surface area (Å²) in [6, 6.07) is 9.70. The highest BCUT2D eigenvalue weighted by atomic mass is 32.2. The predicted octanol–water partition coefficient (Wildman–Crippen LogP) is 2.93. The van der Waals surface area contributed by atoms with Crippen LogP contribution in [-0.2, 0) is 35.1 Å². The maximum Gasteiger partial charge on any atom is 0.303 e. The maximum atomic E-state index is 11.7. The van der Waals surface area contributed by atoms with Gasteiger partial charge in [0.05, 0.1) is 12.7 Å². The van der Waals surface area contributed by atoms with Crippen molar-refractivity contribution in [1.82, 2.24) is 0 Å². The van der Waals surface area contributed by atoms with Crippen LogP contribution in [0.5, 0.6) is 0 Å². The fourth-order valence-electron chi connectivity index (χ4n) is 2.91. The van der Waals surface area contributed by atoms with Crippen molar-refractivity contribution in [3.8, 4) is 0 Å². The van der Waals surface area contributed by atoms with E-state index in [0.29, 0.717) is 6.61 Å². The number of thioether (sulfide) groups is 1. The number of carbonyl (C=O) groups is 2. The minimum atomic E-state index is -0.729. The molecule has 1 aliphatic rings. The molecule has 0 N–H and O–H groups in total. The SMILES string of the molecule is CCS[C@@H]1O[C@@H](C)[C@H](OCc2ccccc2)[C@@H](OC(C)=O)[C@H]1OC(C)=O. The van der Waals surface area contributed by atoms with Crippen molar-refractivity contribution in [2.24, 2.45) is 0 Å². The average Bonchev–Trinajstić information content (AvgIpc) is 2.58. The average molecular weight is 382 g/mol. The number of benzene rings is 1. The van der Waals surface area contributed by atoms with E-state index in [0.717, 1.165) is 11.3 Å². The van der Waals surface area contributed by atoms with Gasteiger partial charge in [-0.25, -0.2) is 0 Å². The van der Waals surface area contributed by atoms with Crippen LogP contribution in [0.2, 0.25) is 0 Å². The van der Waals surface area contributed by atoms with Crippen LogP contribution in [0.1, 0.15) is 33.3 Å². The van der Waals surface area contributed by atoms with Gasteiger partial charge < -0.3 is 18.9 Å². The first-order valence-electron chi connectivity index (χ1n) is 8.69. The molecule has 2 rings (SSSR count). The van der Waals surface area contributed by atoms with Crippen molar-refractivity contribution < 1.29 is 28.5 Å². The smallest absolute Gasteiger partial charge is 0.303 e. The highest BCUT2D eigenvalue weighted by molar-refractivity contribution is 7.99. The van der Waals surface area contributed by atoms with Gasteiger partial charge in [-0.3, -0.25) is 9.59 Å². The molecule has 0 unspecified atom stereocenters. The van der Waals surface area contributed by atoms with Crippen molar-refractivity contribution >= 4 is 23.7 Å². The van der Waals surface area contributed by atoms with E-state index in [-0.39, 0.29) is 6.10 Å². The quantitative estimate of drug-likeness (QED) is 0.672. The first kappa shape index (κ1) is 20.7. The Balaban J connectivity index is 2.21. The molecular formula is C19H26O6S. The minimum Gasteiger partial charge on any atom is -0.456 e. The third kappa shape index (κ3) is 5.72. The molecule has 1 fully saturated rings. The molecule has 144 valence electrons. The molecule has 1 saturated heterocycles. The normalized spacial score (nSPS) is 28.4. The summed E-state index contributed by atoms with van der Waals surface area (Å²) in [5.74, 6) is -0.124. The van der Waals surface area contributed by atoms with Crippen LogP contribution in [0.25, 0.3) is 0 Å². The van der Waals surface area contributed by atoms with Crippen LogP contribution in [0.15, 0.2) is 30.3 Å². The molecule has 5 atom stereocenters. The van der Waals surface area contributed by atoms with Gasteiger partial charge in [-0.2, -0.15) is 0 Å². The Morgan fingerprint density at radius 2 is 1.65 bits per heavy atom. The van der Waals surface area contributed by atoms with E-state index in [1.165, 1.54) is 25.6 Å². The van der Waals surface area contributed by atoms with Crippen molar-refractivity contribution in [2.75, 3.05) is 5.75 Å². The summed E-state index contributed by atoms with van der Waals surface area (Å²) >= 11 is 1.51. The van der Waals surface area contributed by atoms with E-state index in [2.05, 4.69) is 0 Å². The topological polar surface area (TPSA) is 71.1 Å². The predicted molar refractivity (Wildman–Crippen MR) is 98.6 cm³/mol. The lowest BCUT2D eigenvalue weighted by molar-refractivity contribution is -0.232. The van der Waals surface area contributed by atoms with E-state index in [4.69, 9.17) is 18.9 Å². The molecule has 0 aliphatic carbocycles. The molecule has 26 heavy (non-hydrogen) atoms. The highest BCUT2D eigenvalue weighted by Crippen LogP contribution is 2.34.